The fraction of sp³-hybridized carbons (Fsp3) is 0.320. The highest BCUT2D eigenvalue weighted by Gasteiger charge is 2.67. The number of halogens is 1. The van der Waals surface area contributed by atoms with Crippen LogP contribution in [0.1, 0.15) is 17.9 Å². The number of anilines is 1. The molecule has 1 aliphatic heterocycles. The Morgan fingerprint density at radius 2 is 2.14 bits per heavy atom. The summed E-state index contributed by atoms with van der Waals surface area (Å²) in [5.74, 6) is 2.19. The van der Waals surface area contributed by atoms with E-state index < -0.39 is 0 Å². The van der Waals surface area contributed by atoms with Crippen molar-refractivity contribution in [1.29, 1.82) is 0 Å². The Morgan fingerprint density at radius 1 is 1.23 bits per heavy atom. The summed E-state index contributed by atoms with van der Waals surface area (Å²) >= 11 is 0. The molecule has 2 aliphatic rings. The van der Waals surface area contributed by atoms with E-state index in [4.69, 9.17) is 20.2 Å². The lowest BCUT2D eigenvalue weighted by Gasteiger charge is -2.26. The standard InChI is InChI=1S/C25H23FN8O/c1-13-8-20(33-35-13)25(12-27)17-5-7-34(11-18(17)25)21-10-29-23-22(31-32-24(23)30-21)15-4-6-28-19-3-2-14(26)9-16(15)19/h2-4,6,8-10,17-18H,5,7,11-12,27H2,1H3,(H,30,31,32)/t17-,18+,25+/m1/s1. The summed E-state index contributed by atoms with van der Waals surface area (Å²) in [5.41, 5.74) is 10.4. The van der Waals surface area contributed by atoms with E-state index in [1.165, 1.54) is 12.1 Å². The van der Waals surface area contributed by atoms with Crippen molar-refractivity contribution in [3.63, 3.8) is 0 Å². The minimum Gasteiger partial charge on any atom is -0.361 e. The normalized spacial score (nSPS) is 23.7. The molecule has 1 saturated carbocycles. The summed E-state index contributed by atoms with van der Waals surface area (Å²) in [6, 6.07) is 8.38. The van der Waals surface area contributed by atoms with E-state index in [1.807, 2.05) is 19.1 Å². The number of aryl methyl sites for hydroxylation is 1. The van der Waals surface area contributed by atoms with Gasteiger partial charge in [0, 0.05) is 48.3 Å². The van der Waals surface area contributed by atoms with Crippen LogP contribution in [-0.4, -0.2) is 49.9 Å². The maximum Gasteiger partial charge on any atom is 0.177 e. The molecule has 4 aromatic heterocycles. The van der Waals surface area contributed by atoms with E-state index in [-0.39, 0.29) is 11.2 Å². The van der Waals surface area contributed by atoms with Crippen LogP contribution < -0.4 is 10.6 Å². The molecule has 3 N–H and O–H groups in total. The van der Waals surface area contributed by atoms with Crippen LogP contribution in [0.2, 0.25) is 0 Å². The molecular formula is C25H23FN8O. The molecule has 0 unspecified atom stereocenters. The summed E-state index contributed by atoms with van der Waals surface area (Å²) in [6.07, 6.45) is 4.49. The number of rotatable bonds is 4. The first-order chi connectivity index (χ1) is 17.1. The maximum absolute atomic E-state index is 13.9. The molecule has 35 heavy (non-hydrogen) atoms. The second-order valence-electron chi connectivity index (χ2n) is 9.53. The average Bonchev–Trinajstić information content (AvgIpc) is 3.12. The molecule has 1 aliphatic carbocycles. The predicted octanol–water partition coefficient (Wildman–Crippen LogP) is 3.36. The zero-order valence-corrected chi connectivity index (χ0v) is 19.1. The number of pyridine rings is 1. The molecule has 7 rings (SSSR count). The number of hydrogen-bond donors (Lipinski definition) is 2. The van der Waals surface area contributed by atoms with Crippen LogP contribution in [0.15, 0.2) is 47.2 Å². The number of nitrogens with one attached hydrogen (secondary N) is 1. The summed E-state index contributed by atoms with van der Waals surface area (Å²) in [6.45, 7) is 4.17. The van der Waals surface area contributed by atoms with Crippen molar-refractivity contribution < 1.29 is 8.91 Å². The van der Waals surface area contributed by atoms with E-state index in [0.717, 1.165) is 42.3 Å². The van der Waals surface area contributed by atoms with Gasteiger partial charge in [-0.05, 0) is 49.4 Å². The van der Waals surface area contributed by atoms with Crippen molar-refractivity contribution in [3.8, 4) is 11.3 Å². The quantitative estimate of drug-likeness (QED) is 0.410. The molecule has 1 aromatic carbocycles. The minimum absolute atomic E-state index is 0.122. The molecule has 5 heterocycles. The van der Waals surface area contributed by atoms with Gasteiger partial charge in [0.1, 0.15) is 28.6 Å². The van der Waals surface area contributed by atoms with Gasteiger partial charge in [0.25, 0.3) is 0 Å². The van der Waals surface area contributed by atoms with E-state index in [2.05, 4.69) is 25.2 Å². The van der Waals surface area contributed by atoms with Crippen LogP contribution >= 0.6 is 0 Å². The third-order valence-electron chi connectivity index (χ3n) is 7.81. The van der Waals surface area contributed by atoms with Crippen molar-refractivity contribution in [3.05, 3.63) is 60.0 Å². The van der Waals surface area contributed by atoms with Gasteiger partial charge in [-0.15, -0.1) is 0 Å². The summed E-state index contributed by atoms with van der Waals surface area (Å²) in [5, 5.41) is 12.5. The number of hydrogen-bond acceptors (Lipinski definition) is 8. The molecule has 1 saturated heterocycles. The summed E-state index contributed by atoms with van der Waals surface area (Å²) < 4.78 is 19.3. The van der Waals surface area contributed by atoms with Crippen molar-refractivity contribution in [2.45, 2.75) is 18.8 Å². The predicted molar refractivity (Wildman–Crippen MR) is 128 cm³/mol. The smallest absolute Gasteiger partial charge is 0.177 e. The Morgan fingerprint density at radius 3 is 2.97 bits per heavy atom. The first-order valence-electron chi connectivity index (χ1n) is 11.7. The molecule has 0 amide bonds. The zero-order chi connectivity index (χ0) is 23.7. The monoisotopic (exact) mass is 470 g/mol. The number of nitrogens with zero attached hydrogens (tertiary/aromatic N) is 6. The lowest BCUT2D eigenvalue weighted by atomic mass is 9.97. The van der Waals surface area contributed by atoms with Crippen LogP contribution in [0.25, 0.3) is 33.3 Å². The lowest BCUT2D eigenvalue weighted by Crippen LogP contribution is -2.32. The van der Waals surface area contributed by atoms with Gasteiger partial charge in [-0.2, -0.15) is 5.10 Å². The molecule has 5 aromatic rings. The number of aromatic amines is 1. The van der Waals surface area contributed by atoms with Gasteiger partial charge in [0.2, 0.25) is 0 Å². The Balaban J connectivity index is 1.21. The Hall–Kier alpha value is -3.92. The highest BCUT2D eigenvalue weighted by atomic mass is 19.1. The van der Waals surface area contributed by atoms with Gasteiger partial charge in [0.05, 0.1) is 17.4 Å². The third-order valence-corrected chi connectivity index (χ3v) is 7.81. The van der Waals surface area contributed by atoms with Crippen molar-refractivity contribution in [1.82, 2.24) is 30.3 Å². The average molecular weight is 471 g/mol. The molecule has 9 nitrogen and oxygen atoms in total. The molecule has 2 fully saturated rings. The number of fused-ring (bicyclic) bond motifs is 3. The van der Waals surface area contributed by atoms with Gasteiger partial charge in [-0.25, -0.2) is 14.4 Å². The minimum atomic E-state index is -0.322. The Kier molecular flexibility index (Phi) is 4.26. The number of piperidine rings is 1. The molecule has 176 valence electrons. The van der Waals surface area contributed by atoms with Crippen LogP contribution in [0.3, 0.4) is 0 Å². The van der Waals surface area contributed by atoms with E-state index in [1.54, 1.807) is 18.5 Å². The third kappa shape index (κ3) is 2.92. The van der Waals surface area contributed by atoms with Crippen molar-refractivity contribution in [2.24, 2.45) is 17.6 Å². The lowest BCUT2D eigenvalue weighted by molar-refractivity contribution is 0.379. The number of benzene rings is 1. The van der Waals surface area contributed by atoms with Gasteiger partial charge >= 0.3 is 0 Å². The van der Waals surface area contributed by atoms with Crippen LogP contribution in [0, 0.1) is 24.6 Å². The molecule has 0 radical (unpaired) electrons. The fourth-order valence-corrected chi connectivity index (χ4v) is 6.02. The largest absolute Gasteiger partial charge is 0.361 e. The Labute approximate surface area is 199 Å². The van der Waals surface area contributed by atoms with Gasteiger partial charge < -0.3 is 15.2 Å². The zero-order valence-electron chi connectivity index (χ0n) is 19.1. The van der Waals surface area contributed by atoms with E-state index >= 15 is 0 Å². The van der Waals surface area contributed by atoms with Gasteiger partial charge in [-0.3, -0.25) is 10.1 Å². The highest BCUT2D eigenvalue weighted by molar-refractivity contribution is 6.00. The summed E-state index contributed by atoms with van der Waals surface area (Å²) in [7, 11) is 0. The van der Waals surface area contributed by atoms with Crippen LogP contribution in [0.4, 0.5) is 10.2 Å². The Bertz CT molecular complexity index is 1600. The number of nitrogens with two attached hydrogens (primary N) is 1. The molecule has 0 spiro atoms. The van der Waals surface area contributed by atoms with Crippen LogP contribution in [0.5, 0.6) is 0 Å². The molecule has 3 atom stereocenters. The first-order valence-corrected chi connectivity index (χ1v) is 11.7. The highest BCUT2D eigenvalue weighted by Crippen LogP contribution is 2.62. The van der Waals surface area contributed by atoms with Crippen molar-refractivity contribution in [2.75, 3.05) is 24.5 Å². The topological polar surface area (TPSA) is 123 Å². The van der Waals surface area contributed by atoms with E-state index in [0.29, 0.717) is 46.1 Å². The van der Waals surface area contributed by atoms with Gasteiger partial charge in [-0.1, -0.05) is 5.16 Å². The maximum atomic E-state index is 13.9. The summed E-state index contributed by atoms with van der Waals surface area (Å²) in [4.78, 5) is 16.1. The van der Waals surface area contributed by atoms with Gasteiger partial charge in [0.15, 0.2) is 5.65 Å². The molecule has 0 bridgehead atoms. The second kappa shape index (κ2) is 7.29. The fourth-order valence-electron chi connectivity index (χ4n) is 6.02. The first kappa shape index (κ1) is 20.5. The molecule has 10 heteroatoms. The SMILES string of the molecule is Cc1cc([C@@]2(CN)[C@@H]3CCN(c4cnc5c(-c6ccnc7ccc(F)cc67)n[nH]c5n4)C[C@@H]32)no1. The number of aromatic nitrogens is 6. The molecular weight excluding hydrogens is 447 g/mol. The van der Waals surface area contributed by atoms with Crippen LogP contribution in [-0.2, 0) is 5.41 Å². The van der Waals surface area contributed by atoms with Crippen molar-refractivity contribution >= 4 is 27.9 Å². The van der Waals surface area contributed by atoms with E-state index in [9.17, 15) is 4.39 Å². The number of H-pyrrole nitrogens is 1. The second-order valence-corrected chi connectivity index (χ2v) is 9.53.